The number of fused-ring (bicyclic) bond motifs is 1. The normalized spacial score (nSPS) is 45.8. The quantitative estimate of drug-likeness (QED) is 0.511. The maximum Gasteiger partial charge on any atom is 0.212 e. The van der Waals surface area contributed by atoms with E-state index in [1.807, 2.05) is 0 Å². The highest BCUT2D eigenvalue weighted by atomic mass is 32.2. The van der Waals surface area contributed by atoms with Crippen molar-refractivity contribution in [2.24, 2.45) is 5.92 Å². The molecule has 1 aliphatic heterocycles. The molecule has 4 heteroatoms. The highest BCUT2D eigenvalue weighted by Crippen LogP contribution is 2.33. The van der Waals surface area contributed by atoms with E-state index in [-0.39, 0.29) is 0 Å². The summed E-state index contributed by atoms with van der Waals surface area (Å²) in [6, 6.07) is 0.301. The summed E-state index contributed by atoms with van der Waals surface area (Å²) in [5, 5.41) is 0. The highest BCUT2D eigenvalue weighted by molar-refractivity contribution is 7.89. The van der Waals surface area contributed by atoms with Gasteiger partial charge in [-0.05, 0) is 18.8 Å². The molecule has 2 rings (SSSR count). The molecule has 0 radical (unpaired) electrons. The molecule has 1 saturated carbocycles. The Balaban J connectivity index is 2.25. The molecule has 9 heavy (non-hydrogen) atoms. The third-order valence-corrected chi connectivity index (χ3v) is 3.71. The molecular formula is C5H9NO2S. The summed E-state index contributed by atoms with van der Waals surface area (Å²) in [5.74, 6) is 0.812. The second-order valence-electron chi connectivity index (χ2n) is 2.84. The summed E-state index contributed by atoms with van der Waals surface area (Å²) in [6.07, 6.45) is 2.14. The number of hydrogen-bond acceptors (Lipinski definition) is 2. The lowest BCUT2D eigenvalue weighted by atomic mass is 9.82. The van der Waals surface area contributed by atoms with Gasteiger partial charge in [0.25, 0.3) is 0 Å². The zero-order valence-electron chi connectivity index (χ0n) is 5.00. The maximum absolute atomic E-state index is 10.8. The molecule has 0 spiro atoms. The molecule has 1 N–H and O–H groups in total. The van der Waals surface area contributed by atoms with Gasteiger partial charge in [0.1, 0.15) is 0 Å². The molecule has 1 heterocycles. The van der Waals surface area contributed by atoms with Crippen LogP contribution < -0.4 is 4.72 Å². The van der Waals surface area contributed by atoms with Crippen molar-refractivity contribution in [3.05, 3.63) is 0 Å². The SMILES string of the molecule is O=S1(=O)CC2CCC2N1. The Bertz CT molecular complexity index is 203. The van der Waals surface area contributed by atoms with Gasteiger partial charge < -0.3 is 0 Å². The first-order chi connectivity index (χ1) is 4.17. The van der Waals surface area contributed by atoms with E-state index in [0.29, 0.717) is 17.7 Å². The molecule has 1 aliphatic carbocycles. The molecule has 3 nitrogen and oxygen atoms in total. The molecular weight excluding hydrogens is 138 g/mol. The maximum atomic E-state index is 10.8. The zero-order chi connectivity index (χ0) is 6.48. The van der Waals surface area contributed by atoms with Crippen molar-refractivity contribution in [3.8, 4) is 0 Å². The molecule has 0 bridgehead atoms. The fourth-order valence-electron chi connectivity index (χ4n) is 1.48. The van der Waals surface area contributed by atoms with Crippen molar-refractivity contribution in [2.45, 2.75) is 18.9 Å². The minimum absolute atomic E-state index is 0.301. The van der Waals surface area contributed by atoms with Crippen LogP contribution in [0.2, 0.25) is 0 Å². The van der Waals surface area contributed by atoms with Crippen LogP contribution in [0.3, 0.4) is 0 Å². The topological polar surface area (TPSA) is 46.2 Å². The zero-order valence-corrected chi connectivity index (χ0v) is 5.82. The van der Waals surface area contributed by atoms with Gasteiger partial charge in [-0.15, -0.1) is 0 Å². The molecule has 1 saturated heterocycles. The van der Waals surface area contributed by atoms with E-state index < -0.39 is 10.0 Å². The summed E-state index contributed by atoms with van der Waals surface area (Å²) in [5.41, 5.74) is 0. The summed E-state index contributed by atoms with van der Waals surface area (Å²) in [6.45, 7) is 0. The van der Waals surface area contributed by atoms with Crippen molar-refractivity contribution in [1.29, 1.82) is 0 Å². The van der Waals surface area contributed by atoms with Crippen molar-refractivity contribution in [1.82, 2.24) is 4.72 Å². The van der Waals surface area contributed by atoms with E-state index in [2.05, 4.69) is 4.72 Å². The first kappa shape index (κ1) is 5.68. The molecule has 2 fully saturated rings. The third-order valence-electron chi connectivity index (χ3n) is 2.18. The van der Waals surface area contributed by atoms with Gasteiger partial charge in [-0.2, -0.15) is 0 Å². The van der Waals surface area contributed by atoms with Crippen molar-refractivity contribution in [2.75, 3.05) is 5.75 Å². The predicted octanol–water partition coefficient (Wildman–Crippen LogP) is -0.302. The molecule has 0 aromatic rings. The van der Waals surface area contributed by atoms with Gasteiger partial charge in [0.15, 0.2) is 0 Å². The number of nitrogens with one attached hydrogen (secondary N) is 1. The smallest absolute Gasteiger partial charge is 0.212 e. The van der Waals surface area contributed by atoms with Gasteiger partial charge in [-0.3, -0.25) is 0 Å². The first-order valence-corrected chi connectivity index (χ1v) is 4.83. The summed E-state index contributed by atoms with van der Waals surface area (Å²) >= 11 is 0. The second-order valence-corrected chi connectivity index (χ2v) is 4.64. The van der Waals surface area contributed by atoms with Crippen LogP contribution in [0.4, 0.5) is 0 Å². The lowest BCUT2D eigenvalue weighted by Crippen LogP contribution is -2.36. The van der Waals surface area contributed by atoms with E-state index >= 15 is 0 Å². The molecule has 0 aromatic carbocycles. The van der Waals surface area contributed by atoms with E-state index in [0.717, 1.165) is 12.8 Å². The van der Waals surface area contributed by atoms with Crippen LogP contribution in [0.5, 0.6) is 0 Å². The van der Waals surface area contributed by atoms with E-state index in [1.165, 1.54) is 0 Å². The largest absolute Gasteiger partial charge is 0.212 e. The van der Waals surface area contributed by atoms with Crippen LogP contribution in [-0.2, 0) is 10.0 Å². The average Bonchev–Trinajstić information content (AvgIpc) is 1.90. The fourth-order valence-corrected chi connectivity index (χ4v) is 3.31. The lowest BCUT2D eigenvalue weighted by Gasteiger charge is -2.27. The van der Waals surface area contributed by atoms with Crippen LogP contribution in [0, 0.1) is 5.92 Å². The monoisotopic (exact) mass is 147 g/mol. The Kier molecular flexibility index (Phi) is 0.941. The Morgan fingerprint density at radius 1 is 1.33 bits per heavy atom. The van der Waals surface area contributed by atoms with E-state index in [9.17, 15) is 8.42 Å². The summed E-state index contributed by atoms with van der Waals surface area (Å²) < 4.78 is 24.2. The minimum Gasteiger partial charge on any atom is -0.212 e. The van der Waals surface area contributed by atoms with Crippen LogP contribution in [0.1, 0.15) is 12.8 Å². The Morgan fingerprint density at radius 3 is 2.33 bits per heavy atom. The van der Waals surface area contributed by atoms with Gasteiger partial charge in [-0.1, -0.05) is 0 Å². The molecule has 2 atom stereocenters. The van der Waals surface area contributed by atoms with Crippen molar-refractivity contribution >= 4 is 10.0 Å². The standard InChI is InChI=1S/C5H9NO2S/c7-9(8)3-4-1-2-5(4)6-9/h4-6H,1-3H2. The van der Waals surface area contributed by atoms with Gasteiger partial charge >= 0.3 is 0 Å². The second kappa shape index (κ2) is 1.49. The summed E-state index contributed by atoms with van der Waals surface area (Å²) in [7, 11) is -2.83. The number of sulfonamides is 1. The van der Waals surface area contributed by atoms with Crippen LogP contribution in [-0.4, -0.2) is 20.2 Å². The summed E-state index contributed by atoms with van der Waals surface area (Å²) in [4.78, 5) is 0. The Morgan fingerprint density at radius 2 is 2.11 bits per heavy atom. The molecule has 0 amide bonds. The molecule has 52 valence electrons. The van der Waals surface area contributed by atoms with Gasteiger partial charge in [0.05, 0.1) is 5.75 Å². The molecule has 0 aromatic heterocycles. The van der Waals surface area contributed by atoms with Crippen LogP contribution >= 0.6 is 0 Å². The Hall–Kier alpha value is -0.0900. The van der Waals surface area contributed by atoms with Gasteiger partial charge in [0, 0.05) is 6.04 Å². The minimum atomic E-state index is -2.83. The number of rotatable bonds is 0. The Labute approximate surface area is 54.5 Å². The first-order valence-electron chi connectivity index (χ1n) is 3.17. The van der Waals surface area contributed by atoms with Gasteiger partial charge in [-0.25, -0.2) is 13.1 Å². The van der Waals surface area contributed by atoms with E-state index in [4.69, 9.17) is 0 Å². The molecule has 2 aliphatic rings. The van der Waals surface area contributed by atoms with Crippen molar-refractivity contribution in [3.63, 3.8) is 0 Å². The predicted molar refractivity (Wildman–Crippen MR) is 33.4 cm³/mol. The fraction of sp³-hybridized carbons (Fsp3) is 1.00. The number of hydrogen-bond donors (Lipinski definition) is 1. The molecule has 2 unspecified atom stereocenters. The van der Waals surface area contributed by atoms with E-state index in [1.54, 1.807) is 0 Å². The average molecular weight is 147 g/mol. The van der Waals surface area contributed by atoms with Gasteiger partial charge in [0.2, 0.25) is 10.0 Å². The lowest BCUT2D eigenvalue weighted by molar-refractivity contribution is 0.289. The van der Waals surface area contributed by atoms with Crippen LogP contribution in [0.25, 0.3) is 0 Å². The van der Waals surface area contributed by atoms with Crippen LogP contribution in [0.15, 0.2) is 0 Å². The highest BCUT2D eigenvalue weighted by Gasteiger charge is 2.42. The van der Waals surface area contributed by atoms with Crippen molar-refractivity contribution < 1.29 is 8.42 Å². The third kappa shape index (κ3) is 0.773.